The van der Waals surface area contributed by atoms with Gasteiger partial charge >= 0.3 is 0 Å². The molecule has 1 saturated carbocycles. The zero-order valence-corrected chi connectivity index (χ0v) is 12.8. The molecule has 1 saturated heterocycles. The van der Waals surface area contributed by atoms with E-state index in [9.17, 15) is 4.79 Å². The molecule has 1 aliphatic heterocycles. The molecular formula is C15H28N2O2. The molecule has 19 heavy (non-hydrogen) atoms. The van der Waals surface area contributed by atoms with Crippen molar-refractivity contribution >= 4 is 5.78 Å². The highest BCUT2D eigenvalue weighted by Gasteiger charge is 2.44. The summed E-state index contributed by atoms with van der Waals surface area (Å²) in [7, 11) is 0. The summed E-state index contributed by atoms with van der Waals surface area (Å²) in [5.41, 5.74) is -0.178. The van der Waals surface area contributed by atoms with Crippen molar-refractivity contribution in [1.29, 1.82) is 0 Å². The first-order chi connectivity index (χ1) is 8.83. The maximum Gasteiger partial charge on any atom is 0.163 e. The molecule has 0 bridgehead atoms. The average molecular weight is 268 g/mol. The van der Waals surface area contributed by atoms with Crippen LogP contribution < -0.4 is 5.32 Å². The van der Waals surface area contributed by atoms with Crippen LogP contribution in [0.15, 0.2) is 0 Å². The fourth-order valence-corrected chi connectivity index (χ4v) is 3.29. The van der Waals surface area contributed by atoms with Crippen LogP contribution in [0, 0.1) is 0 Å². The van der Waals surface area contributed by atoms with Crippen molar-refractivity contribution in [2.75, 3.05) is 13.1 Å². The second-order valence-electron chi connectivity index (χ2n) is 7.18. The average Bonchev–Trinajstić information content (AvgIpc) is 2.48. The van der Waals surface area contributed by atoms with Crippen molar-refractivity contribution in [2.45, 2.75) is 77.0 Å². The molecule has 0 aromatic carbocycles. The molecule has 4 heteroatoms. The van der Waals surface area contributed by atoms with E-state index in [0.717, 1.165) is 38.8 Å². The van der Waals surface area contributed by atoms with Crippen molar-refractivity contribution < 1.29 is 9.63 Å². The molecule has 2 aliphatic rings. The predicted molar refractivity (Wildman–Crippen MR) is 75.8 cm³/mol. The smallest absolute Gasteiger partial charge is 0.163 e. The molecule has 2 fully saturated rings. The van der Waals surface area contributed by atoms with Crippen LogP contribution in [-0.2, 0) is 9.63 Å². The Hall–Kier alpha value is -0.450. The summed E-state index contributed by atoms with van der Waals surface area (Å²) in [4.78, 5) is 18.3. The predicted octanol–water partition coefficient (Wildman–Crippen LogP) is 2.28. The van der Waals surface area contributed by atoms with Gasteiger partial charge in [-0.1, -0.05) is 12.8 Å². The highest BCUT2D eigenvalue weighted by molar-refractivity contribution is 5.83. The number of ketones is 1. The van der Waals surface area contributed by atoms with Gasteiger partial charge in [0.05, 0.1) is 11.1 Å². The molecule has 0 spiro atoms. The van der Waals surface area contributed by atoms with E-state index in [-0.39, 0.29) is 23.0 Å². The van der Waals surface area contributed by atoms with Crippen LogP contribution in [0.3, 0.4) is 0 Å². The molecule has 110 valence electrons. The summed E-state index contributed by atoms with van der Waals surface area (Å²) < 4.78 is 0. The number of carbonyl (C=O) groups excluding carboxylic acids is 1. The van der Waals surface area contributed by atoms with E-state index in [1.165, 1.54) is 0 Å². The van der Waals surface area contributed by atoms with Gasteiger partial charge in [0.15, 0.2) is 5.78 Å². The lowest BCUT2D eigenvalue weighted by molar-refractivity contribution is -0.293. The van der Waals surface area contributed by atoms with E-state index >= 15 is 0 Å². The van der Waals surface area contributed by atoms with Crippen LogP contribution in [-0.4, -0.2) is 41.1 Å². The van der Waals surface area contributed by atoms with Gasteiger partial charge in [-0.15, -0.1) is 0 Å². The Morgan fingerprint density at radius 3 is 2.37 bits per heavy atom. The minimum absolute atomic E-state index is 0.0890. The number of piperazine rings is 1. The fraction of sp³-hybridized carbons (Fsp3) is 0.933. The third kappa shape index (κ3) is 3.36. The zero-order valence-electron chi connectivity index (χ0n) is 12.8. The van der Waals surface area contributed by atoms with E-state index < -0.39 is 0 Å². The van der Waals surface area contributed by atoms with Crippen LogP contribution >= 0.6 is 0 Å². The van der Waals surface area contributed by atoms with Gasteiger partial charge in [0, 0.05) is 19.5 Å². The summed E-state index contributed by atoms with van der Waals surface area (Å²) >= 11 is 0. The topological polar surface area (TPSA) is 41.6 Å². The van der Waals surface area contributed by atoms with Crippen molar-refractivity contribution in [3.63, 3.8) is 0 Å². The number of nitrogens with zero attached hydrogens (tertiary/aromatic N) is 1. The molecule has 0 aromatic rings. The standard InChI is InChI=1S/C15H28N2O2/c1-14(2)10-16-11-15(3,4)17(14)19-13-9-7-5-6-8-12(13)18/h13,16H,5-11H2,1-4H3. The minimum atomic E-state index is -0.237. The second kappa shape index (κ2) is 5.51. The Morgan fingerprint density at radius 1 is 1.11 bits per heavy atom. The molecule has 1 unspecified atom stereocenters. The van der Waals surface area contributed by atoms with Crippen molar-refractivity contribution in [1.82, 2.24) is 10.4 Å². The molecule has 4 nitrogen and oxygen atoms in total. The normalized spacial score (nSPS) is 32.0. The molecule has 1 aliphatic carbocycles. The van der Waals surface area contributed by atoms with Crippen molar-refractivity contribution in [3.8, 4) is 0 Å². The monoisotopic (exact) mass is 268 g/mol. The first-order valence-corrected chi connectivity index (χ1v) is 7.53. The lowest BCUT2D eigenvalue weighted by Gasteiger charge is -2.52. The number of hydrogen-bond donors (Lipinski definition) is 1. The van der Waals surface area contributed by atoms with Crippen LogP contribution in [0.4, 0.5) is 0 Å². The molecule has 0 amide bonds. The van der Waals surface area contributed by atoms with E-state index in [0.29, 0.717) is 6.42 Å². The Morgan fingerprint density at radius 2 is 1.74 bits per heavy atom. The van der Waals surface area contributed by atoms with Gasteiger partial charge in [0.25, 0.3) is 0 Å². The second-order valence-corrected chi connectivity index (χ2v) is 7.18. The lowest BCUT2D eigenvalue weighted by atomic mass is 9.92. The molecule has 0 aromatic heterocycles. The molecular weight excluding hydrogens is 240 g/mol. The maximum atomic E-state index is 12.1. The minimum Gasteiger partial charge on any atom is -0.313 e. The molecule has 1 atom stereocenters. The van der Waals surface area contributed by atoms with Crippen LogP contribution in [0.2, 0.25) is 0 Å². The third-order valence-corrected chi connectivity index (χ3v) is 4.20. The Labute approximate surface area is 116 Å². The van der Waals surface area contributed by atoms with Gasteiger partial charge in [-0.25, -0.2) is 0 Å². The van der Waals surface area contributed by atoms with Gasteiger partial charge in [0.1, 0.15) is 6.10 Å². The summed E-state index contributed by atoms with van der Waals surface area (Å²) in [6, 6.07) is 0. The molecule has 2 rings (SSSR count). The van der Waals surface area contributed by atoms with Gasteiger partial charge in [-0.3, -0.25) is 9.63 Å². The summed E-state index contributed by atoms with van der Waals surface area (Å²) in [6.07, 6.45) is 4.59. The van der Waals surface area contributed by atoms with Crippen molar-refractivity contribution in [2.24, 2.45) is 0 Å². The summed E-state index contributed by atoms with van der Waals surface area (Å²) in [5, 5.41) is 5.52. The van der Waals surface area contributed by atoms with Crippen LogP contribution in [0.25, 0.3) is 0 Å². The maximum absolute atomic E-state index is 12.1. The Kier molecular flexibility index (Phi) is 4.33. The van der Waals surface area contributed by atoms with Gasteiger partial charge in [-0.2, -0.15) is 5.06 Å². The Bertz CT molecular complexity index is 323. The summed E-state index contributed by atoms with van der Waals surface area (Å²) in [5.74, 6) is 0.280. The SMILES string of the molecule is CC1(C)CNCC(C)(C)N1OC1CCCCCC1=O. The van der Waals surface area contributed by atoms with E-state index in [1.54, 1.807) is 0 Å². The van der Waals surface area contributed by atoms with Gasteiger partial charge in [-0.05, 0) is 40.5 Å². The Balaban J connectivity index is 2.11. The summed E-state index contributed by atoms with van der Waals surface area (Å²) in [6.45, 7) is 10.4. The van der Waals surface area contributed by atoms with Gasteiger partial charge in [0.2, 0.25) is 0 Å². The fourth-order valence-electron chi connectivity index (χ4n) is 3.29. The number of hydroxylamine groups is 2. The molecule has 1 N–H and O–H groups in total. The first-order valence-electron chi connectivity index (χ1n) is 7.53. The van der Waals surface area contributed by atoms with E-state index in [4.69, 9.17) is 4.84 Å². The number of carbonyl (C=O) groups is 1. The first kappa shape index (κ1) is 14.9. The van der Waals surface area contributed by atoms with E-state index in [1.807, 2.05) is 0 Å². The van der Waals surface area contributed by atoms with Crippen LogP contribution in [0.5, 0.6) is 0 Å². The van der Waals surface area contributed by atoms with E-state index in [2.05, 4.69) is 38.1 Å². The number of hydrogen-bond acceptors (Lipinski definition) is 4. The largest absolute Gasteiger partial charge is 0.313 e. The lowest BCUT2D eigenvalue weighted by Crippen LogP contribution is -2.68. The number of rotatable bonds is 2. The zero-order chi connectivity index (χ0) is 14.1. The number of Topliss-reactive ketones (excluding diaryl/α,β-unsaturated/α-hetero) is 1. The van der Waals surface area contributed by atoms with Crippen molar-refractivity contribution in [3.05, 3.63) is 0 Å². The van der Waals surface area contributed by atoms with Crippen LogP contribution in [0.1, 0.15) is 59.8 Å². The highest BCUT2D eigenvalue weighted by atomic mass is 16.7. The molecule has 0 radical (unpaired) electrons. The number of nitrogens with one attached hydrogen (secondary N) is 1. The third-order valence-electron chi connectivity index (χ3n) is 4.20. The van der Waals surface area contributed by atoms with Gasteiger partial charge < -0.3 is 5.32 Å². The highest BCUT2D eigenvalue weighted by Crippen LogP contribution is 2.31. The quantitative estimate of drug-likeness (QED) is 0.780. The molecule has 1 heterocycles.